The number of halogens is 4. The monoisotopic (exact) mass is 372 g/mol. The van der Waals surface area contributed by atoms with E-state index in [1.165, 1.54) is 12.3 Å². The number of nitrogens with one attached hydrogen (secondary N) is 1. The first-order valence-corrected chi connectivity index (χ1v) is 8.46. The average molecular weight is 373 g/mol. The van der Waals surface area contributed by atoms with Crippen molar-refractivity contribution >= 4 is 23.0 Å². The molecular formula is C14H20ClF3N2O2S. The van der Waals surface area contributed by atoms with Crippen molar-refractivity contribution in [3.8, 4) is 5.88 Å². The van der Waals surface area contributed by atoms with Crippen LogP contribution in [-0.4, -0.2) is 27.1 Å². The van der Waals surface area contributed by atoms with Gasteiger partial charge in [-0.1, -0.05) is 11.6 Å². The van der Waals surface area contributed by atoms with E-state index in [9.17, 15) is 17.7 Å². The van der Waals surface area contributed by atoms with Crippen molar-refractivity contribution in [2.45, 2.75) is 51.1 Å². The summed E-state index contributed by atoms with van der Waals surface area (Å²) >= 11 is 4.71. The number of aromatic nitrogens is 1. The van der Waals surface area contributed by atoms with Crippen LogP contribution in [0.3, 0.4) is 0 Å². The second-order valence-electron chi connectivity index (χ2n) is 5.99. The molecule has 1 N–H and O–H groups in total. The lowest BCUT2D eigenvalue weighted by atomic mass is 10.2. The molecule has 0 aliphatic rings. The summed E-state index contributed by atoms with van der Waals surface area (Å²) in [6.07, 6.45) is -3.93. The van der Waals surface area contributed by atoms with E-state index in [0.29, 0.717) is 5.56 Å². The van der Waals surface area contributed by atoms with E-state index < -0.39 is 35.3 Å². The maximum absolute atomic E-state index is 12.1. The zero-order chi connectivity index (χ0) is 17.8. The Morgan fingerprint density at radius 3 is 2.48 bits per heavy atom. The number of nitrogens with zero attached hydrogens (tertiary/aromatic N) is 1. The molecule has 0 amide bonds. The number of hydrogen-bond donors (Lipinski definition) is 1. The van der Waals surface area contributed by atoms with Gasteiger partial charge in [-0.25, -0.2) is 4.98 Å². The maximum atomic E-state index is 12.1. The Morgan fingerprint density at radius 1 is 1.39 bits per heavy atom. The number of alkyl halides is 3. The fourth-order valence-electron chi connectivity index (χ4n) is 1.45. The molecule has 0 saturated carbocycles. The lowest BCUT2D eigenvalue weighted by Gasteiger charge is -2.26. The van der Waals surface area contributed by atoms with E-state index in [1.54, 1.807) is 6.92 Å². The van der Waals surface area contributed by atoms with E-state index in [-0.39, 0.29) is 16.9 Å². The molecule has 0 aliphatic carbocycles. The van der Waals surface area contributed by atoms with Gasteiger partial charge in [0, 0.05) is 17.6 Å². The molecule has 2 atom stereocenters. The van der Waals surface area contributed by atoms with Crippen molar-refractivity contribution in [3.05, 3.63) is 22.8 Å². The van der Waals surface area contributed by atoms with Gasteiger partial charge in [0.15, 0.2) is 0 Å². The van der Waals surface area contributed by atoms with E-state index >= 15 is 0 Å². The zero-order valence-corrected chi connectivity index (χ0v) is 14.9. The highest BCUT2D eigenvalue weighted by molar-refractivity contribution is 7.90. The molecule has 1 aromatic rings. The van der Waals surface area contributed by atoms with Crippen molar-refractivity contribution in [2.75, 3.05) is 6.61 Å². The first-order valence-electron chi connectivity index (χ1n) is 6.93. The van der Waals surface area contributed by atoms with E-state index in [0.717, 1.165) is 0 Å². The van der Waals surface area contributed by atoms with Gasteiger partial charge in [-0.2, -0.15) is 13.2 Å². The minimum atomic E-state index is -4.29. The number of pyridine rings is 1. The molecule has 0 bridgehead atoms. The summed E-state index contributed by atoms with van der Waals surface area (Å²) in [6.45, 7) is 6.77. The minimum Gasteiger partial charge on any atom is -0.598 e. The van der Waals surface area contributed by atoms with Crippen LogP contribution in [0.1, 0.15) is 45.7 Å². The first-order chi connectivity index (χ1) is 10.4. The second kappa shape index (κ2) is 7.92. The highest BCUT2D eigenvalue weighted by Gasteiger charge is 2.29. The molecule has 23 heavy (non-hydrogen) atoms. The molecule has 132 valence electrons. The number of hydrogen-bond acceptors (Lipinski definition) is 4. The molecule has 0 fully saturated rings. The van der Waals surface area contributed by atoms with Crippen LogP contribution in [0.15, 0.2) is 12.3 Å². The van der Waals surface area contributed by atoms with E-state index in [1.807, 2.05) is 20.8 Å². The summed E-state index contributed by atoms with van der Waals surface area (Å²) < 4.78 is 55.7. The molecule has 0 aliphatic heterocycles. The molecule has 0 saturated heterocycles. The molecule has 9 heteroatoms. The van der Waals surface area contributed by atoms with Crippen molar-refractivity contribution in [3.63, 3.8) is 0 Å². The third-order valence-electron chi connectivity index (χ3n) is 2.79. The van der Waals surface area contributed by atoms with Gasteiger partial charge >= 0.3 is 6.18 Å². The van der Waals surface area contributed by atoms with Gasteiger partial charge in [0.05, 0.1) is 19.1 Å². The van der Waals surface area contributed by atoms with Gasteiger partial charge < -0.3 is 9.29 Å². The van der Waals surface area contributed by atoms with Crippen LogP contribution < -0.4 is 9.46 Å². The summed E-state index contributed by atoms with van der Waals surface area (Å²) in [4.78, 5) is 3.93. The molecule has 1 aromatic heterocycles. The van der Waals surface area contributed by atoms with Crippen LogP contribution in [0.4, 0.5) is 13.2 Å². The molecule has 0 spiro atoms. The Morgan fingerprint density at radius 2 is 2.00 bits per heavy atom. The standard InChI is InChI=1S/C14H20ClF3N2O2S/c1-9(20-23(21)13(2,3)4)10-7-11(15)12(19-8-10)22-6-5-14(16,17)18/h7-9,20H,5-6H2,1-4H3/t9?,23-/m1/s1. The van der Waals surface area contributed by atoms with Crippen molar-refractivity contribution < 1.29 is 22.5 Å². The van der Waals surface area contributed by atoms with E-state index in [2.05, 4.69) is 9.71 Å². The van der Waals surface area contributed by atoms with Crippen LogP contribution in [-0.2, 0) is 11.4 Å². The van der Waals surface area contributed by atoms with Crippen LogP contribution in [0.25, 0.3) is 0 Å². The third-order valence-corrected chi connectivity index (χ3v) is 4.74. The van der Waals surface area contributed by atoms with Crippen LogP contribution in [0.2, 0.25) is 5.02 Å². The van der Waals surface area contributed by atoms with Crippen LogP contribution in [0.5, 0.6) is 5.88 Å². The molecular weight excluding hydrogens is 353 g/mol. The molecule has 1 heterocycles. The Bertz CT molecular complexity index is 524. The molecule has 0 radical (unpaired) electrons. The van der Waals surface area contributed by atoms with Crippen LogP contribution >= 0.6 is 11.6 Å². The molecule has 1 rings (SSSR count). The van der Waals surface area contributed by atoms with Crippen molar-refractivity contribution in [1.29, 1.82) is 0 Å². The van der Waals surface area contributed by atoms with Gasteiger partial charge in [0.1, 0.15) is 9.77 Å². The second-order valence-corrected chi connectivity index (χ2v) is 8.40. The predicted octanol–water partition coefficient (Wildman–Crippen LogP) is 4.18. The number of rotatable bonds is 6. The quantitative estimate of drug-likeness (QED) is 0.761. The summed E-state index contributed by atoms with van der Waals surface area (Å²) in [5.41, 5.74) is 0.663. The third kappa shape index (κ3) is 7.15. The molecule has 4 nitrogen and oxygen atoms in total. The molecule has 1 unspecified atom stereocenters. The summed E-state index contributed by atoms with van der Waals surface area (Å²) in [5.74, 6) is -0.0520. The topological polar surface area (TPSA) is 57.2 Å². The van der Waals surface area contributed by atoms with Gasteiger partial charge in [-0.15, -0.1) is 4.72 Å². The summed E-state index contributed by atoms with van der Waals surface area (Å²) in [7, 11) is 0. The van der Waals surface area contributed by atoms with Gasteiger partial charge in [-0.05, 0) is 39.3 Å². The Labute approximate surface area is 142 Å². The maximum Gasteiger partial charge on any atom is 0.392 e. The van der Waals surface area contributed by atoms with Crippen molar-refractivity contribution in [2.24, 2.45) is 0 Å². The van der Waals surface area contributed by atoms with Gasteiger partial charge in [-0.3, -0.25) is 0 Å². The first kappa shape index (κ1) is 20.3. The summed E-state index contributed by atoms with van der Waals surface area (Å²) in [5, 5.41) is 0.111. The normalized spacial score (nSPS) is 15.3. The van der Waals surface area contributed by atoms with Crippen molar-refractivity contribution in [1.82, 2.24) is 9.71 Å². The lowest BCUT2D eigenvalue weighted by Crippen LogP contribution is -2.40. The average Bonchev–Trinajstić information content (AvgIpc) is 2.37. The Hall–Kier alpha value is -0.700. The largest absolute Gasteiger partial charge is 0.598 e. The fourth-order valence-corrected chi connectivity index (χ4v) is 2.49. The highest BCUT2D eigenvalue weighted by Crippen LogP contribution is 2.27. The smallest absolute Gasteiger partial charge is 0.392 e. The Balaban J connectivity index is 2.68. The SMILES string of the molecule is CC(N[S@+]([O-])C(C)(C)C)c1cnc(OCCC(F)(F)F)c(Cl)c1. The van der Waals surface area contributed by atoms with Crippen LogP contribution in [0, 0.1) is 0 Å². The predicted molar refractivity (Wildman–Crippen MR) is 84.9 cm³/mol. The Kier molecular flexibility index (Phi) is 7.00. The van der Waals surface area contributed by atoms with Gasteiger partial charge in [0.2, 0.25) is 5.88 Å². The van der Waals surface area contributed by atoms with Gasteiger partial charge in [0.25, 0.3) is 0 Å². The minimum absolute atomic E-state index is 0.0520. The van der Waals surface area contributed by atoms with E-state index in [4.69, 9.17) is 16.3 Å². The summed E-state index contributed by atoms with van der Waals surface area (Å²) in [6, 6.07) is 1.25. The lowest BCUT2D eigenvalue weighted by molar-refractivity contribution is -0.139. The molecule has 0 aromatic carbocycles. The number of ether oxygens (including phenoxy) is 1. The highest BCUT2D eigenvalue weighted by atomic mass is 35.5. The zero-order valence-electron chi connectivity index (χ0n) is 13.3. The fraction of sp³-hybridized carbons (Fsp3) is 0.643.